The SMILES string of the molecule is CCN1CCN(C(CN)C2CCC(C(C)(C)C)CC2)CC1. The Balaban J connectivity index is 1.85. The molecule has 1 heterocycles. The molecule has 1 unspecified atom stereocenters. The highest BCUT2D eigenvalue weighted by Gasteiger charge is 2.35. The van der Waals surface area contributed by atoms with Crippen LogP contribution in [0.1, 0.15) is 53.4 Å². The van der Waals surface area contributed by atoms with Crippen molar-refractivity contribution in [1.82, 2.24) is 9.80 Å². The first-order chi connectivity index (χ1) is 9.95. The first kappa shape index (κ1) is 17.2. The molecule has 0 aromatic heterocycles. The minimum Gasteiger partial charge on any atom is -0.329 e. The third kappa shape index (κ3) is 4.43. The van der Waals surface area contributed by atoms with Gasteiger partial charge in [-0.1, -0.05) is 27.7 Å². The van der Waals surface area contributed by atoms with Gasteiger partial charge < -0.3 is 10.6 Å². The molecule has 3 heteroatoms. The van der Waals surface area contributed by atoms with Crippen LogP contribution in [0, 0.1) is 17.3 Å². The van der Waals surface area contributed by atoms with E-state index < -0.39 is 0 Å². The van der Waals surface area contributed by atoms with E-state index in [0.29, 0.717) is 11.5 Å². The van der Waals surface area contributed by atoms with E-state index in [4.69, 9.17) is 5.73 Å². The Morgan fingerprint density at radius 2 is 1.57 bits per heavy atom. The number of piperazine rings is 1. The summed E-state index contributed by atoms with van der Waals surface area (Å²) < 4.78 is 0. The molecule has 1 saturated heterocycles. The van der Waals surface area contributed by atoms with Gasteiger partial charge in [-0.05, 0) is 49.5 Å². The molecular formula is C18H37N3. The lowest BCUT2D eigenvalue weighted by Gasteiger charge is -2.45. The second kappa shape index (κ2) is 7.43. The van der Waals surface area contributed by atoms with Crippen LogP contribution < -0.4 is 5.73 Å². The Kier molecular flexibility index (Phi) is 6.10. The van der Waals surface area contributed by atoms with Crippen molar-refractivity contribution in [3.05, 3.63) is 0 Å². The zero-order chi connectivity index (χ0) is 15.5. The third-order valence-electron chi connectivity index (χ3n) is 6.11. The van der Waals surface area contributed by atoms with Crippen LogP contribution in [0.5, 0.6) is 0 Å². The minimum atomic E-state index is 0.482. The van der Waals surface area contributed by atoms with Crippen molar-refractivity contribution in [2.24, 2.45) is 23.0 Å². The fraction of sp³-hybridized carbons (Fsp3) is 1.00. The minimum absolute atomic E-state index is 0.482. The fourth-order valence-electron chi connectivity index (χ4n) is 4.42. The molecule has 1 aliphatic carbocycles. The second-order valence-corrected chi connectivity index (χ2v) is 8.25. The van der Waals surface area contributed by atoms with Gasteiger partial charge in [0, 0.05) is 38.8 Å². The molecule has 0 aromatic rings. The second-order valence-electron chi connectivity index (χ2n) is 8.25. The maximum atomic E-state index is 6.17. The van der Waals surface area contributed by atoms with Crippen LogP contribution >= 0.6 is 0 Å². The van der Waals surface area contributed by atoms with E-state index in [1.807, 2.05) is 0 Å². The van der Waals surface area contributed by atoms with Gasteiger partial charge in [0.05, 0.1) is 0 Å². The summed E-state index contributed by atoms with van der Waals surface area (Å²) >= 11 is 0. The molecule has 0 bridgehead atoms. The summed E-state index contributed by atoms with van der Waals surface area (Å²) in [5.41, 5.74) is 6.65. The molecule has 2 fully saturated rings. The van der Waals surface area contributed by atoms with Crippen molar-refractivity contribution in [1.29, 1.82) is 0 Å². The van der Waals surface area contributed by atoms with Crippen molar-refractivity contribution in [2.45, 2.75) is 59.4 Å². The van der Waals surface area contributed by atoms with Gasteiger partial charge >= 0.3 is 0 Å². The van der Waals surface area contributed by atoms with Crippen LogP contribution in [0.15, 0.2) is 0 Å². The van der Waals surface area contributed by atoms with Crippen LogP contribution in [-0.4, -0.2) is 55.1 Å². The zero-order valence-electron chi connectivity index (χ0n) is 14.8. The summed E-state index contributed by atoms with van der Waals surface area (Å²) in [7, 11) is 0. The van der Waals surface area contributed by atoms with Crippen LogP contribution in [0.2, 0.25) is 0 Å². The van der Waals surface area contributed by atoms with E-state index >= 15 is 0 Å². The highest BCUT2D eigenvalue weighted by molar-refractivity contribution is 4.89. The molecule has 1 saturated carbocycles. The van der Waals surface area contributed by atoms with Gasteiger partial charge in [-0.2, -0.15) is 0 Å². The van der Waals surface area contributed by atoms with Crippen molar-refractivity contribution >= 4 is 0 Å². The molecule has 3 nitrogen and oxygen atoms in total. The molecule has 2 aliphatic rings. The number of nitrogens with zero attached hydrogens (tertiary/aromatic N) is 2. The van der Waals surface area contributed by atoms with E-state index in [-0.39, 0.29) is 0 Å². The van der Waals surface area contributed by atoms with E-state index in [9.17, 15) is 0 Å². The molecule has 0 radical (unpaired) electrons. The lowest BCUT2D eigenvalue weighted by atomic mass is 9.68. The predicted octanol–water partition coefficient (Wildman–Crippen LogP) is 2.80. The third-order valence-corrected chi connectivity index (χ3v) is 6.11. The smallest absolute Gasteiger partial charge is 0.0247 e. The van der Waals surface area contributed by atoms with Gasteiger partial charge in [0.1, 0.15) is 0 Å². The maximum absolute atomic E-state index is 6.17. The number of nitrogens with two attached hydrogens (primary N) is 1. The average Bonchev–Trinajstić information content (AvgIpc) is 2.48. The summed E-state index contributed by atoms with van der Waals surface area (Å²) in [5.74, 6) is 1.74. The normalized spacial score (nSPS) is 31.3. The Bertz CT molecular complexity index is 294. The van der Waals surface area contributed by atoms with E-state index in [0.717, 1.165) is 18.4 Å². The van der Waals surface area contributed by atoms with Gasteiger partial charge in [-0.15, -0.1) is 0 Å². The molecule has 0 aromatic carbocycles. The van der Waals surface area contributed by atoms with Crippen molar-refractivity contribution in [3.63, 3.8) is 0 Å². The van der Waals surface area contributed by atoms with E-state index in [1.54, 1.807) is 0 Å². The highest BCUT2D eigenvalue weighted by Crippen LogP contribution is 2.41. The molecule has 1 aliphatic heterocycles. The lowest BCUT2D eigenvalue weighted by Crippen LogP contribution is -2.55. The van der Waals surface area contributed by atoms with Crippen LogP contribution in [0.3, 0.4) is 0 Å². The molecule has 0 amide bonds. The largest absolute Gasteiger partial charge is 0.329 e. The van der Waals surface area contributed by atoms with E-state index in [1.165, 1.54) is 58.4 Å². The predicted molar refractivity (Wildman–Crippen MR) is 91.4 cm³/mol. The van der Waals surface area contributed by atoms with Gasteiger partial charge in [0.15, 0.2) is 0 Å². The monoisotopic (exact) mass is 295 g/mol. The number of rotatable bonds is 4. The summed E-state index contributed by atoms with van der Waals surface area (Å²) in [5, 5.41) is 0. The van der Waals surface area contributed by atoms with Crippen LogP contribution in [0.4, 0.5) is 0 Å². The Labute approximate surface area is 132 Å². The summed E-state index contributed by atoms with van der Waals surface area (Å²) in [6.07, 6.45) is 5.58. The first-order valence-electron chi connectivity index (χ1n) is 9.12. The van der Waals surface area contributed by atoms with Gasteiger partial charge in [0.25, 0.3) is 0 Å². The molecule has 21 heavy (non-hydrogen) atoms. The number of hydrogen-bond donors (Lipinski definition) is 1. The first-order valence-corrected chi connectivity index (χ1v) is 9.12. The molecule has 1 atom stereocenters. The van der Waals surface area contributed by atoms with Gasteiger partial charge in [0.2, 0.25) is 0 Å². The quantitative estimate of drug-likeness (QED) is 0.865. The lowest BCUT2D eigenvalue weighted by molar-refractivity contribution is 0.0474. The fourth-order valence-corrected chi connectivity index (χ4v) is 4.42. The Morgan fingerprint density at radius 3 is 2.00 bits per heavy atom. The van der Waals surface area contributed by atoms with Crippen molar-refractivity contribution in [2.75, 3.05) is 39.3 Å². The maximum Gasteiger partial charge on any atom is 0.0247 e. The average molecular weight is 296 g/mol. The summed E-state index contributed by atoms with van der Waals surface area (Å²) in [4.78, 5) is 5.24. The van der Waals surface area contributed by atoms with Crippen molar-refractivity contribution < 1.29 is 0 Å². The summed E-state index contributed by atoms with van der Waals surface area (Å²) in [6, 6.07) is 0.630. The Hall–Kier alpha value is -0.120. The molecule has 2 rings (SSSR count). The molecule has 2 N–H and O–H groups in total. The molecular weight excluding hydrogens is 258 g/mol. The topological polar surface area (TPSA) is 32.5 Å². The number of likely N-dealkylation sites (N-methyl/N-ethyl adjacent to an activating group) is 1. The Morgan fingerprint density at radius 1 is 1.00 bits per heavy atom. The van der Waals surface area contributed by atoms with Crippen LogP contribution in [-0.2, 0) is 0 Å². The number of hydrogen-bond acceptors (Lipinski definition) is 3. The molecule has 124 valence electrons. The van der Waals surface area contributed by atoms with Crippen LogP contribution in [0.25, 0.3) is 0 Å². The standard InChI is InChI=1S/C18H37N3/c1-5-20-10-12-21(13-11-20)17(14-19)15-6-8-16(9-7-15)18(2,3)4/h15-17H,5-14,19H2,1-4H3. The molecule has 0 spiro atoms. The highest BCUT2D eigenvalue weighted by atomic mass is 15.3. The van der Waals surface area contributed by atoms with E-state index in [2.05, 4.69) is 37.5 Å². The van der Waals surface area contributed by atoms with Crippen molar-refractivity contribution in [3.8, 4) is 0 Å². The summed E-state index contributed by atoms with van der Waals surface area (Å²) in [6.45, 7) is 16.4. The zero-order valence-corrected chi connectivity index (χ0v) is 14.8. The van der Waals surface area contributed by atoms with Gasteiger partial charge in [-0.3, -0.25) is 4.90 Å². The van der Waals surface area contributed by atoms with Gasteiger partial charge in [-0.25, -0.2) is 0 Å².